The summed E-state index contributed by atoms with van der Waals surface area (Å²) in [6, 6.07) is 8.84. The summed E-state index contributed by atoms with van der Waals surface area (Å²) in [6.45, 7) is 1.80. The van der Waals surface area contributed by atoms with E-state index >= 15 is 0 Å². The van der Waals surface area contributed by atoms with Gasteiger partial charge in [-0.05, 0) is 19.1 Å². The van der Waals surface area contributed by atoms with E-state index in [1.807, 2.05) is 6.07 Å². The molecule has 0 unspecified atom stereocenters. The maximum Gasteiger partial charge on any atom is 0.234 e. The second kappa shape index (κ2) is 5.67. The molecule has 0 amide bonds. The second-order valence-corrected chi connectivity index (χ2v) is 5.77. The first-order chi connectivity index (χ1) is 7.97. The highest BCUT2D eigenvalue weighted by molar-refractivity contribution is 7.92. The normalized spacial score (nSPS) is 11.1. The van der Waals surface area contributed by atoms with Crippen molar-refractivity contribution in [2.45, 2.75) is 13.3 Å². The van der Waals surface area contributed by atoms with Crippen LogP contribution in [0.1, 0.15) is 13.3 Å². The number of rotatable bonds is 6. The van der Waals surface area contributed by atoms with Gasteiger partial charge in [-0.2, -0.15) is 0 Å². The third-order valence-corrected chi connectivity index (χ3v) is 4.12. The van der Waals surface area contributed by atoms with E-state index in [2.05, 4.69) is 0 Å². The first-order valence-electron chi connectivity index (χ1n) is 5.35. The maximum atomic E-state index is 11.9. The van der Waals surface area contributed by atoms with Crippen LogP contribution in [0.2, 0.25) is 0 Å². The van der Waals surface area contributed by atoms with Gasteiger partial charge in [0.05, 0.1) is 17.3 Å². The van der Waals surface area contributed by atoms with E-state index in [1.54, 1.807) is 31.2 Å². The first kappa shape index (κ1) is 13.5. The first-order valence-corrected chi connectivity index (χ1v) is 6.96. The summed E-state index contributed by atoms with van der Waals surface area (Å²) < 4.78 is 25.2. The van der Waals surface area contributed by atoms with Gasteiger partial charge in [0.1, 0.15) is 0 Å². The van der Waals surface area contributed by atoms with Crippen molar-refractivity contribution in [2.75, 3.05) is 16.6 Å². The number of nitrogens with zero attached hydrogens (tertiary/aromatic N) is 1. The maximum absolute atomic E-state index is 11.9. The van der Waals surface area contributed by atoms with Crippen LogP contribution in [0.15, 0.2) is 30.3 Å². The number of nitrogens with one attached hydrogen (secondary N) is 1. The Hall–Kier alpha value is -1.56. The number of benzene rings is 1. The number of hydrogen-bond donors (Lipinski definition) is 2. The lowest BCUT2D eigenvalue weighted by Crippen LogP contribution is -2.35. The Kier molecular flexibility index (Phi) is 4.51. The van der Waals surface area contributed by atoms with Crippen LogP contribution in [0, 0.1) is 5.41 Å². The van der Waals surface area contributed by atoms with Crippen molar-refractivity contribution in [1.29, 1.82) is 5.41 Å². The van der Waals surface area contributed by atoms with Gasteiger partial charge in [0, 0.05) is 13.0 Å². The number of hydrogen-bond acceptors (Lipinski definition) is 3. The monoisotopic (exact) mass is 255 g/mol. The van der Waals surface area contributed by atoms with Crippen LogP contribution in [0.25, 0.3) is 0 Å². The van der Waals surface area contributed by atoms with Crippen molar-refractivity contribution in [3.05, 3.63) is 30.3 Å². The third-order valence-electron chi connectivity index (χ3n) is 2.33. The summed E-state index contributed by atoms with van der Waals surface area (Å²) in [5.41, 5.74) is 5.87. The lowest BCUT2D eigenvalue weighted by atomic mass is 10.3. The van der Waals surface area contributed by atoms with Crippen LogP contribution in [-0.2, 0) is 10.0 Å². The highest BCUT2D eigenvalue weighted by Crippen LogP contribution is 2.17. The van der Waals surface area contributed by atoms with Crippen LogP contribution in [0.3, 0.4) is 0 Å². The van der Waals surface area contributed by atoms with E-state index in [9.17, 15) is 8.42 Å². The predicted octanol–water partition coefficient (Wildman–Crippen LogP) is 1.17. The molecule has 17 heavy (non-hydrogen) atoms. The lowest BCUT2D eigenvalue weighted by Gasteiger charge is -2.23. The summed E-state index contributed by atoms with van der Waals surface area (Å²) in [4.78, 5) is 0. The Balaban J connectivity index is 2.99. The second-order valence-electron chi connectivity index (χ2n) is 3.58. The van der Waals surface area contributed by atoms with Crippen molar-refractivity contribution < 1.29 is 8.42 Å². The van der Waals surface area contributed by atoms with E-state index in [0.717, 1.165) is 0 Å². The minimum absolute atomic E-state index is 0.0164. The topological polar surface area (TPSA) is 87.2 Å². The number of sulfonamides is 1. The zero-order chi connectivity index (χ0) is 12.9. The zero-order valence-electron chi connectivity index (χ0n) is 9.76. The summed E-state index contributed by atoms with van der Waals surface area (Å²) in [5.74, 6) is 0.0111. The fourth-order valence-corrected chi connectivity index (χ4v) is 2.52. The van der Waals surface area contributed by atoms with E-state index in [-0.39, 0.29) is 24.6 Å². The minimum Gasteiger partial charge on any atom is -0.388 e. The van der Waals surface area contributed by atoms with E-state index < -0.39 is 10.0 Å². The molecule has 5 nitrogen and oxygen atoms in total. The van der Waals surface area contributed by atoms with Crippen LogP contribution in [0.4, 0.5) is 5.69 Å². The highest BCUT2D eigenvalue weighted by Gasteiger charge is 2.19. The van der Waals surface area contributed by atoms with Gasteiger partial charge in [-0.25, -0.2) is 8.42 Å². The largest absolute Gasteiger partial charge is 0.388 e. The van der Waals surface area contributed by atoms with Crippen LogP contribution < -0.4 is 10.0 Å². The molecule has 0 saturated carbocycles. The Morgan fingerprint density at radius 2 is 1.94 bits per heavy atom. The van der Waals surface area contributed by atoms with Gasteiger partial charge in [-0.3, -0.25) is 9.71 Å². The summed E-state index contributed by atoms with van der Waals surface area (Å²) in [5, 5.41) is 7.17. The van der Waals surface area contributed by atoms with Gasteiger partial charge < -0.3 is 5.73 Å². The van der Waals surface area contributed by atoms with Crippen molar-refractivity contribution >= 4 is 21.5 Å². The van der Waals surface area contributed by atoms with Crippen molar-refractivity contribution in [3.8, 4) is 0 Å². The van der Waals surface area contributed by atoms with Gasteiger partial charge in [0.2, 0.25) is 10.0 Å². The molecule has 0 heterocycles. The summed E-state index contributed by atoms with van der Waals surface area (Å²) in [7, 11) is -3.33. The molecule has 1 aromatic carbocycles. The fraction of sp³-hybridized carbons (Fsp3) is 0.364. The molecular formula is C11H17N3O2S. The quantitative estimate of drug-likeness (QED) is 0.591. The molecule has 94 valence electrons. The zero-order valence-corrected chi connectivity index (χ0v) is 10.6. The summed E-state index contributed by atoms with van der Waals surface area (Å²) >= 11 is 0. The van der Waals surface area contributed by atoms with Crippen LogP contribution >= 0.6 is 0 Å². The molecular weight excluding hydrogens is 238 g/mol. The molecule has 0 spiro atoms. The van der Waals surface area contributed by atoms with Gasteiger partial charge in [-0.15, -0.1) is 0 Å². The molecule has 0 saturated heterocycles. The molecule has 0 aliphatic rings. The molecule has 0 aromatic heterocycles. The molecule has 1 aromatic rings. The SMILES string of the molecule is CCS(=O)(=O)N(CCC(=N)N)c1ccccc1. The van der Waals surface area contributed by atoms with Gasteiger partial charge >= 0.3 is 0 Å². The molecule has 0 bridgehead atoms. The average Bonchev–Trinajstić information content (AvgIpc) is 2.30. The molecule has 3 N–H and O–H groups in total. The van der Waals surface area contributed by atoms with Gasteiger partial charge in [0.25, 0.3) is 0 Å². The molecule has 0 atom stereocenters. The molecule has 0 aliphatic carbocycles. The van der Waals surface area contributed by atoms with Crippen molar-refractivity contribution in [2.24, 2.45) is 5.73 Å². The average molecular weight is 255 g/mol. The Labute approximate surface area is 102 Å². The smallest absolute Gasteiger partial charge is 0.234 e. The molecule has 0 fully saturated rings. The highest BCUT2D eigenvalue weighted by atomic mass is 32.2. The molecule has 1 rings (SSSR count). The number of amidine groups is 1. The van der Waals surface area contributed by atoms with Crippen LogP contribution in [0.5, 0.6) is 0 Å². The van der Waals surface area contributed by atoms with E-state index in [4.69, 9.17) is 11.1 Å². The number of anilines is 1. The molecule has 0 aliphatic heterocycles. The van der Waals surface area contributed by atoms with Crippen molar-refractivity contribution in [3.63, 3.8) is 0 Å². The van der Waals surface area contributed by atoms with Gasteiger partial charge in [-0.1, -0.05) is 18.2 Å². The minimum atomic E-state index is -3.33. The summed E-state index contributed by atoms with van der Waals surface area (Å²) in [6.07, 6.45) is 0.230. The number of nitrogens with two attached hydrogens (primary N) is 1. The number of para-hydroxylation sites is 1. The Bertz CT molecular complexity index is 471. The van der Waals surface area contributed by atoms with Gasteiger partial charge in [0.15, 0.2) is 0 Å². The predicted molar refractivity (Wildman–Crippen MR) is 69.8 cm³/mol. The fourth-order valence-electron chi connectivity index (χ4n) is 1.40. The van der Waals surface area contributed by atoms with Crippen LogP contribution in [-0.4, -0.2) is 26.6 Å². The Morgan fingerprint density at radius 3 is 2.41 bits per heavy atom. The molecule has 0 radical (unpaired) electrons. The van der Waals surface area contributed by atoms with E-state index in [0.29, 0.717) is 5.69 Å². The van der Waals surface area contributed by atoms with Crippen molar-refractivity contribution in [1.82, 2.24) is 0 Å². The molecule has 6 heteroatoms. The standard InChI is InChI=1S/C11H17N3O2S/c1-2-17(15,16)14(9-8-11(12)13)10-6-4-3-5-7-10/h3-7H,2,8-9H2,1H3,(H3,12,13). The Morgan fingerprint density at radius 1 is 1.35 bits per heavy atom. The van der Waals surface area contributed by atoms with E-state index in [1.165, 1.54) is 4.31 Å². The lowest BCUT2D eigenvalue weighted by molar-refractivity contribution is 0.592. The third kappa shape index (κ3) is 3.74.